The van der Waals surface area contributed by atoms with Crippen molar-refractivity contribution in [3.05, 3.63) is 33.9 Å². The molecule has 1 aromatic heterocycles. The van der Waals surface area contributed by atoms with Crippen LogP contribution in [0.1, 0.15) is 6.42 Å². The first-order valence-electron chi connectivity index (χ1n) is 6.60. The highest BCUT2D eigenvalue weighted by molar-refractivity contribution is 14.1. The standard InChI is InChI=1S/C14H17IN4/c15-12-4-2-11(3-5-12)13-10-14(18-17-13)19-8-1-6-16-7-9-19/h2-5,10,16H,1,6-9H2,(H,17,18). The van der Waals surface area contributed by atoms with E-state index in [0.717, 1.165) is 37.7 Å². The fourth-order valence-corrected chi connectivity index (χ4v) is 2.68. The van der Waals surface area contributed by atoms with Gasteiger partial charge in [-0.3, -0.25) is 5.10 Å². The number of hydrogen-bond acceptors (Lipinski definition) is 3. The molecule has 2 aromatic rings. The maximum Gasteiger partial charge on any atom is 0.151 e. The number of rotatable bonds is 2. The minimum Gasteiger partial charge on any atom is -0.354 e. The van der Waals surface area contributed by atoms with E-state index in [0.29, 0.717) is 0 Å². The van der Waals surface area contributed by atoms with E-state index in [1.54, 1.807) is 0 Å². The molecule has 4 nitrogen and oxygen atoms in total. The van der Waals surface area contributed by atoms with Gasteiger partial charge in [-0.05, 0) is 53.3 Å². The van der Waals surface area contributed by atoms with Crippen molar-refractivity contribution in [1.29, 1.82) is 0 Å². The van der Waals surface area contributed by atoms with Crippen molar-refractivity contribution in [3.8, 4) is 11.3 Å². The minimum absolute atomic E-state index is 1.02. The average molecular weight is 368 g/mol. The van der Waals surface area contributed by atoms with Gasteiger partial charge in [0.15, 0.2) is 5.82 Å². The zero-order valence-corrected chi connectivity index (χ0v) is 12.9. The molecule has 0 unspecified atom stereocenters. The number of nitrogens with one attached hydrogen (secondary N) is 2. The molecule has 2 heterocycles. The number of hydrogen-bond donors (Lipinski definition) is 2. The van der Waals surface area contributed by atoms with E-state index >= 15 is 0 Å². The predicted molar refractivity (Wildman–Crippen MR) is 86.4 cm³/mol. The maximum atomic E-state index is 4.45. The third-order valence-corrected chi connectivity index (χ3v) is 4.10. The normalized spacial score (nSPS) is 16.4. The number of halogens is 1. The lowest BCUT2D eigenvalue weighted by atomic mass is 10.1. The lowest BCUT2D eigenvalue weighted by Gasteiger charge is -2.18. The van der Waals surface area contributed by atoms with Crippen molar-refractivity contribution in [2.75, 3.05) is 31.1 Å². The molecule has 3 rings (SSSR count). The Balaban J connectivity index is 1.80. The fourth-order valence-electron chi connectivity index (χ4n) is 2.33. The first-order valence-corrected chi connectivity index (χ1v) is 7.68. The Morgan fingerprint density at radius 1 is 1.11 bits per heavy atom. The van der Waals surface area contributed by atoms with E-state index in [1.165, 1.54) is 15.6 Å². The second kappa shape index (κ2) is 5.92. The molecule has 1 fully saturated rings. The van der Waals surface area contributed by atoms with Gasteiger partial charge in [-0.1, -0.05) is 12.1 Å². The number of aromatic amines is 1. The molecule has 2 N–H and O–H groups in total. The molecule has 0 atom stereocenters. The van der Waals surface area contributed by atoms with Gasteiger partial charge in [0, 0.05) is 29.3 Å². The molecule has 0 spiro atoms. The van der Waals surface area contributed by atoms with Gasteiger partial charge >= 0.3 is 0 Å². The van der Waals surface area contributed by atoms with Crippen LogP contribution >= 0.6 is 22.6 Å². The van der Waals surface area contributed by atoms with E-state index in [4.69, 9.17) is 0 Å². The molecule has 1 aliphatic rings. The van der Waals surface area contributed by atoms with E-state index in [9.17, 15) is 0 Å². The molecule has 5 heteroatoms. The molecule has 0 amide bonds. The van der Waals surface area contributed by atoms with Crippen molar-refractivity contribution in [2.45, 2.75) is 6.42 Å². The summed E-state index contributed by atoms with van der Waals surface area (Å²) < 4.78 is 1.25. The zero-order valence-electron chi connectivity index (χ0n) is 10.7. The lowest BCUT2D eigenvalue weighted by molar-refractivity contribution is 0.724. The molecular weight excluding hydrogens is 351 g/mol. The Morgan fingerprint density at radius 2 is 1.95 bits per heavy atom. The summed E-state index contributed by atoms with van der Waals surface area (Å²) in [7, 11) is 0. The van der Waals surface area contributed by atoms with E-state index < -0.39 is 0 Å². The molecule has 0 aliphatic carbocycles. The van der Waals surface area contributed by atoms with Crippen LogP contribution in [-0.4, -0.2) is 36.4 Å². The van der Waals surface area contributed by atoms with Gasteiger partial charge in [0.05, 0.1) is 5.69 Å². The Hall–Kier alpha value is -1.08. The van der Waals surface area contributed by atoms with Gasteiger partial charge in [-0.25, -0.2) is 0 Å². The molecule has 1 aromatic carbocycles. The lowest BCUT2D eigenvalue weighted by Crippen LogP contribution is -2.28. The fraction of sp³-hybridized carbons (Fsp3) is 0.357. The average Bonchev–Trinajstić information content (AvgIpc) is 2.76. The highest BCUT2D eigenvalue weighted by atomic mass is 127. The predicted octanol–water partition coefficient (Wildman–Crippen LogP) is 2.48. The van der Waals surface area contributed by atoms with Crippen LogP contribution in [0.5, 0.6) is 0 Å². The van der Waals surface area contributed by atoms with Gasteiger partial charge in [0.2, 0.25) is 0 Å². The monoisotopic (exact) mass is 368 g/mol. The molecular formula is C14H17IN4. The first kappa shape index (κ1) is 12.9. The van der Waals surface area contributed by atoms with Gasteiger partial charge in [-0.2, -0.15) is 5.10 Å². The SMILES string of the molecule is Ic1ccc(-c2cc(N3CCCNCC3)n[nH]2)cc1. The van der Waals surface area contributed by atoms with Crippen molar-refractivity contribution in [3.63, 3.8) is 0 Å². The van der Waals surface area contributed by atoms with Crippen LogP contribution in [0.25, 0.3) is 11.3 Å². The Bertz CT molecular complexity index is 527. The molecule has 0 bridgehead atoms. The molecule has 1 aliphatic heterocycles. The smallest absolute Gasteiger partial charge is 0.151 e. The largest absolute Gasteiger partial charge is 0.354 e. The van der Waals surface area contributed by atoms with E-state index in [-0.39, 0.29) is 0 Å². The minimum atomic E-state index is 1.02. The third-order valence-electron chi connectivity index (χ3n) is 3.38. The Kier molecular flexibility index (Phi) is 4.03. The van der Waals surface area contributed by atoms with Gasteiger partial charge in [0.25, 0.3) is 0 Å². The second-order valence-corrected chi connectivity index (χ2v) is 5.98. The van der Waals surface area contributed by atoms with Gasteiger partial charge < -0.3 is 10.2 Å². The first-order chi connectivity index (χ1) is 9.33. The van der Waals surface area contributed by atoms with Crippen LogP contribution in [0.15, 0.2) is 30.3 Å². The molecule has 100 valence electrons. The highest BCUT2D eigenvalue weighted by Gasteiger charge is 2.13. The Labute approximate surface area is 126 Å². The number of aromatic nitrogens is 2. The number of benzene rings is 1. The van der Waals surface area contributed by atoms with Crippen LogP contribution in [-0.2, 0) is 0 Å². The number of anilines is 1. The van der Waals surface area contributed by atoms with Crippen LogP contribution in [0.4, 0.5) is 5.82 Å². The molecule has 0 radical (unpaired) electrons. The number of H-pyrrole nitrogens is 1. The number of nitrogens with zero attached hydrogens (tertiary/aromatic N) is 2. The van der Waals surface area contributed by atoms with Crippen molar-refractivity contribution in [1.82, 2.24) is 15.5 Å². The highest BCUT2D eigenvalue weighted by Crippen LogP contribution is 2.22. The molecule has 19 heavy (non-hydrogen) atoms. The summed E-state index contributed by atoms with van der Waals surface area (Å²) in [6.45, 7) is 4.23. The summed E-state index contributed by atoms with van der Waals surface area (Å²) in [5.74, 6) is 1.05. The summed E-state index contributed by atoms with van der Waals surface area (Å²) in [5.41, 5.74) is 2.27. The van der Waals surface area contributed by atoms with Crippen molar-refractivity contribution in [2.24, 2.45) is 0 Å². The van der Waals surface area contributed by atoms with Gasteiger partial charge in [0.1, 0.15) is 0 Å². The summed E-state index contributed by atoms with van der Waals surface area (Å²) in [6.07, 6.45) is 1.17. The summed E-state index contributed by atoms with van der Waals surface area (Å²) in [5, 5.41) is 11.0. The Morgan fingerprint density at radius 3 is 2.79 bits per heavy atom. The van der Waals surface area contributed by atoms with E-state index in [1.807, 2.05) is 0 Å². The topological polar surface area (TPSA) is 44.0 Å². The molecule has 1 saturated heterocycles. The van der Waals surface area contributed by atoms with Crippen LogP contribution in [0.3, 0.4) is 0 Å². The van der Waals surface area contributed by atoms with E-state index in [2.05, 4.69) is 73.3 Å². The summed E-state index contributed by atoms with van der Waals surface area (Å²) in [6, 6.07) is 10.6. The maximum absolute atomic E-state index is 4.45. The quantitative estimate of drug-likeness (QED) is 0.801. The van der Waals surface area contributed by atoms with Crippen molar-refractivity contribution < 1.29 is 0 Å². The third kappa shape index (κ3) is 3.09. The molecule has 0 saturated carbocycles. The van der Waals surface area contributed by atoms with Crippen LogP contribution in [0.2, 0.25) is 0 Å². The zero-order chi connectivity index (χ0) is 13.1. The summed E-state index contributed by atoms with van der Waals surface area (Å²) >= 11 is 2.32. The second-order valence-electron chi connectivity index (χ2n) is 4.74. The van der Waals surface area contributed by atoms with Crippen molar-refractivity contribution >= 4 is 28.4 Å². The van der Waals surface area contributed by atoms with Crippen LogP contribution < -0.4 is 10.2 Å². The van der Waals surface area contributed by atoms with Gasteiger partial charge in [-0.15, -0.1) is 0 Å². The van der Waals surface area contributed by atoms with Crippen LogP contribution in [0, 0.1) is 3.57 Å². The summed E-state index contributed by atoms with van der Waals surface area (Å²) in [4.78, 5) is 2.34.